The highest BCUT2D eigenvalue weighted by molar-refractivity contribution is 6.43. The fourth-order valence-electron chi connectivity index (χ4n) is 1.91. The molecule has 1 saturated heterocycles. The largest absolute Gasteiger partial charge is 0.482 e. The molecule has 1 heterocycles. The van der Waals surface area contributed by atoms with Crippen LogP contribution in [0.2, 0.25) is 15.1 Å². The Hall–Kier alpha value is -0.680. The van der Waals surface area contributed by atoms with Gasteiger partial charge in [0.2, 0.25) is 0 Å². The summed E-state index contributed by atoms with van der Waals surface area (Å²) >= 11 is 17.6. The number of carbonyl (C=O) groups excluding carboxylic acids is 1. The number of amides is 1. The molecule has 0 radical (unpaired) electrons. The Balaban J connectivity index is 1.90. The van der Waals surface area contributed by atoms with Crippen LogP contribution in [-0.4, -0.2) is 41.2 Å². The maximum Gasteiger partial charge on any atom is 0.260 e. The predicted molar refractivity (Wildman–Crippen MR) is 78.8 cm³/mol. The van der Waals surface area contributed by atoms with Crippen LogP contribution in [0.25, 0.3) is 0 Å². The number of nitrogens with zero attached hydrogens (tertiary/aromatic N) is 1. The number of ether oxygens (including phenoxy) is 1. The second-order valence-electron chi connectivity index (χ2n) is 4.81. The average Bonchev–Trinajstić information content (AvgIpc) is 2.37. The van der Waals surface area contributed by atoms with Gasteiger partial charge in [0.15, 0.2) is 6.61 Å². The minimum atomic E-state index is -0.753. The van der Waals surface area contributed by atoms with Crippen molar-refractivity contribution in [3.8, 4) is 5.75 Å². The molecule has 1 aromatic carbocycles. The molecule has 1 fully saturated rings. The van der Waals surface area contributed by atoms with E-state index in [-0.39, 0.29) is 12.5 Å². The molecule has 1 aromatic rings. The van der Waals surface area contributed by atoms with Crippen molar-refractivity contribution >= 4 is 40.7 Å². The average molecular weight is 339 g/mol. The first kappa shape index (κ1) is 15.7. The normalized spacial score (nSPS) is 16.8. The van der Waals surface area contributed by atoms with E-state index in [2.05, 4.69) is 0 Å². The molecule has 110 valence electrons. The maximum absolute atomic E-state index is 11.9. The summed E-state index contributed by atoms with van der Waals surface area (Å²) in [5.41, 5.74) is -0.753. The van der Waals surface area contributed by atoms with Crippen LogP contribution >= 0.6 is 34.8 Å². The third kappa shape index (κ3) is 3.31. The van der Waals surface area contributed by atoms with E-state index in [1.165, 1.54) is 17.0 Å². The Morgan fingerprint density at radius 2 is 1.90 bits per heavy atom. The summed E-state index contributed by atoms with van der Waals surface area (Å²) in [6, 6.07) is 2.93. The van der Waals surface area contributed by atoms with Crippen molar-refractivity contribution < 1.29 is 14.6 Å². The van der Waals surface area contributed by atoms with E-state index >= 15 is 0 Å². The molecule has 0 aromatic heterocycles. The lowest BCUT2D eigenvalue weighted by Crippen LogP contribution is -2.63. The summed E-state index contributed by atoms with van der Waals surface area (Å²) in [6.45, 7) is 2.40. The number of hydrogen-bond donors (Lipinski definition) is 1. The standard InChI is InChI=1S/C13H14Cl3NO3/c1-2-13(19)6-17(7-13)12(18)5-20-11-4-9(15)8(14)3-10(11)16/h3-4,19H,2,5-7H2,1H3. The molecule has 0 atom stereocenters. The first-order valence-electron chi connectivity index (χ1n) is 6.12. The molecule has 0 aliphatic carbocycles. The van der Waals surface area contributed by atoms with E-state index in [0.29, 0.717) is 40.3 Å². The van der Waals surface area contributed by atoms with Gasteiger partial charge in [0, 0.05) is 6.07 Å². The van der Waals surface area contributed by atoms with Crippen molar-refractivity contribution in [3.05, 3.63) is 27.2 Å². The smallest absolute Gasteiger partial charge is 0.260 e. The van der Waals surface area contributed by atoms with Crippen molar-refractivity contribution in [3.63, 3.8) is 0 Å². The van der Waals surface area contributed by atoms with Crippen LogP contribution in [-0.2, 0) is 4.79 Å². The Kier molecular flexibility index (Phi) is 4.69. The van der Waals surface area contributed by atoms with Gasteiger partial charge in [-0.3, -0.25) is 4.79 Å². The van der Waals surface area contributed by atoms with Gasteiger partial charge in [0.25, 0.3) is 5.91 Å². The number of hydrogen-bond acceptors (Lipinski definition) is 3. The molecule has 4 nitrogen and oxygen atoms in total. The molecule has 0 bridgehead atoms. The zero-order valence-corrected chi connectivity index (χ0v) is 13.1. The maximum atomic E-state index is 11.9. The third-order valence-corrected chi connectivity index (χ3v) is 4.32. The first-order valence-corrected chi connectivity index (χ1v) is 7.25. The van der Waals surface area contributed by atoms with E-state index in [1.807, 2.05) is 6.92 Å². The Morgan fingerprint density at radius 1 is 1.30 bits per heavy atom. The lowest BCUT2D eigenvalue weighted by molar-refractivity contribution is -0.157. The Labute approximate surface area is 132 Å². The summed E-state index contributed by atoms with van der Waals surface area (Å²) in [7, 11) is 0. The number of benzene rings is 1. The highest BCUT2D eigenvalue weighted by Crippen LogP contribution is 2.34. The van der Waals surface area contributed by atoms with Gasteiger partial charge in [-0.15, -0.1) is 0 Å². The Morgan fingerprint density at radius 3 is 2.50 bits per heavy atom. The predicted octanol–water partition coefficient (Wildman–Crippen LogP) is 3.01. The molecule has 1 aliphatic rings. The van der Waals surface area contributed by atoms with Crippen molar-refractivity contribution in [2.45, 2.75) is 18.9 Å². The molecule has 20 heavy (non-hydrogen) atoms. The quantitative estimate of drug-likeness (QED) is 0.859. The SMILES string of the molecule is CCC1(O)CN(C(=O)COc2cc(Cl)c(Cl)cc2Cl)C1. The molecule has 7 heteroatoms. The van der Waals surface area contributed by atoms with E-state index in [9.17, 15) is 9.90 Å². The van der Waals surface area contributed by atoms with Crippen molar-refractivity contribution in [1.29, 1.82) is 0 Å². The lowest BCUT2D eigenvalue weighted by Gasteiger charge is -2.45. The van der Waals surface area contributed by atoms with E-state index in [1.54, 1.807) is 0 Å². The molecule has 1 aliphatic heterocycles. The van der Waals surface area contributed by atoms with E-state index < -0.39 is 5.60 Å². The minimum absolute atomic E-state index is 0.155. The molecule has 1 N–H and O–H groups in total. The number of β-amino-alcohol motifs (C(OH)–C–C–N with tert-alkyl or cyclic N) is 1. The highest BCUT2D eigenvalue weighted by atomic mass is 35.5. The number of likely N-dealkylation sites (tertiary alicyclic amines) is 1. The fraction of sp³-hybridized carbons (Fsp3) is 0.462. The summed E-state index contributed by atoms with van der Waals surface area (Å²) in [5.74, 6) is 0.103. The van der Waals surface area contributed by atoms with Crippen molar-refractivity contribution in [2.24, 2.45) is 0 Å². The fourth-order valence-corrected chi connectivity index (χ4v) is 2.50. The van der Waals surface area contributed by atoms with Crippen LogP contribution in [0, 0.1) is 0 Å². The first-order chi connectivity index (χ1) is 9.34. The Bertz CT molecular complexity index is 530. The summed E-state index contributed by atoms with van der Waals surface area (Å²) < 4.78 is 5.35. The van der Waals surface area contributed by atoms with Gasteiger partial charge in [-0.1, -0.05) is 41.7 Å². The van der Waals surface area contributed by atoms with Crippen LogP contribution in [0.1, 0.15) is 13.3 Å². The van der Waals surface area contributed by atoms with Gasteiger partial charge in [0.05, 0.1) is 33.8 Å². The second-order valence-corrected chi connectivity index (χ2v) is 6.03. The molecule has 1 amide bonds. The van der Waals surface area contributed by atoms with Crippen LogP contribution < -0.4 is 4.74 Å². The molecule has 2 rings (SSSR count). The number of rotatable bonds is 4. The number of aliphatic hydroxyl groups is 1. The van der Waals surface area contributed by atoms with Gasteiger partial charge >= 0.3 is 0 Å². The van der Waals surface area contributed by atoms with Crippen molar-refractivity contribution in [2.75, 3.05) is 19.7 Å². The van der Waals surface area contributed by atoms with Gasteiger partial charge in [-0.25, -0.2) is 0 Å². The molecular weight excluding hydrogens is 325 g/mol. The van der Waals surface area contributed by atoms with Gasteiger partial charge in [0.1, 0.15) is 5.75 Å². The third-order valence-electron chi connectivity index (χ3n) is 3.31. The van der Waals surface area contributed by atoms with Crippen LogP contribution in [0.4, 0.5) is 0 Å². The summed E-state index contributed by atoms with van der Waals surface area (Å²) in [4.78, 5) is 13.4. The van der Waals surface area contributed by atoms with E-state index in [0.717, 1.165) is 0 Å². The topological polar surface area (TPSA) is 49.8 Å². The van der Waals surface area contributed by atoms with Crippen LogP contribution in [0.3, 0.4) is 0 Å². The van der Waals surface area contributed by atoms with Gasteiger partial charge in [-0.2, -0.15) is 0 Å². The van der Waals surface area contributed by atoms with Gasteiger partial charge in [-0.05, 0) is 12.5 Å². The number of carbonyl (C=O) groups is 1. The van der Waals surface area contributed by atoms with Gasteiger partial charge < -0.3 is 14.7 Å². The summed E-state index contributed by atoms with van der Waals surface area (Å²) in [5, 5.41) is 10.8. The van der Waals surface area contributed by atoms with Crippen molar-refractivity contribution in [1.82, 2.24) is 4.90 Å². The molecule has 0 saturated carbocycles. The zero-order valence-electron chi connectivity index (χ0n) is 10.8. The molecule has 0 spiro atoms. The molecular formula is C13H14Cl3NO3. The zero-order chi connectivity index (χ0) is 14.9. The monoisotopic (exact) mass is 337 g/mol. The minimum Gasteiger partial charge on any atom is -0.482 e. The van der Waals surface area contributed by atoms with E-state index in [4.69, 9.17) is 39.5 Å². The van der Waals surface area contributed by atoms with Crippen LogP contribution in [0.5, 0.6) is 5.75 Å². The highest BCUT2D eigenvalue weighted by Gasteiger charge is 2.41. The van der Waals surface area contributed by atoms with Crippen LogP contribution in [0.15, 0.2) is 12.1 Å². The lowest BCUT2D eigenvalue weighted by atomic mass is 9.91. The number of halogens is 3. The molecule has 0 unspecified atom stereocenters. The second kappa shape index (κ2) is 5.98. The summed E-state index contributed by atoms with van der Waals surface area (Å²) in [6.07, 6.45) is 0.621.